The summed E-state index contributed by atoms with van der Waals surface area (Å²) in [6.45, 7) is 5.19. The fraction of sp³-hybridized carbons (Fsp3) is 0.364. The Labute approximate surface area is 107 Å². The van der Waals surface area contributed by atoms with Crippen LogP contribution in [0.15, 0.2) is 16.6 Å². The van der Waals surface area contributed by atoms with Crippen LogP contribution in [-0.2, 0) is 4.74 Å². The summed E-state index contributed by atoms with van der Waals surface area (Å²) < 4.78 is 18.5. The van der Waals surface area contributed by atoms with Crippen LogP contribution in [0.4, 0.5) is 4.39 Å². The summed E-state index contributed by atoms with van der Waals surface area (Å²) in [7, 11) is 0. The van der Waals surface area contributed by atoms with E-state index in [1.54, 1.807) is 20.8 Å². The summed E-state index contributed by atoms with van der Waals surface area (Å²) >= 11 is 8.94. The van der Waals surface area contributed by atoms with Gasteiger partial charge in [-0.3, -0.25) is 0 Å². The van der Waals surface area contributed by atoms with Gasteiger partial charge < -0.3 is 4.74 Å². The van der Waals surface area contributed by atoms with E-state index >= 15 is 0 Å². The molecule has 1 aromatic rings. The molecule has 0 N–H and O–H groups in total. The Morgan fingerprint density at radius 2 is 2.00 bits per heavy atom. The van der Waals surface area contributed by atoms with Gasteiger partial charge in [-0.05, 0) is 48.8 Å². The average Bonchev–Trinajstić information content (AvgIpc) is 2.08. The standard InChI is InChI=1S/C11H11BrClFO2/c1-11(2,3)16-10(15)7-4-6(14)5-8(12)9(7)13/h4-5H,1-3H3. The summed E-state index contributed by atoms with van der Waals surface area (Å²) in [5.41, 5.74) is -0.623. The lowest BCUT2D eigenvalue weighted by Gasteiger charge is -2.20. The van der Waals surface area contributed by atoms with Crippen LogP contribution in [-0.4, -0.2) is 11.6 Å². The van der Waals surface area contributed by atoms with Gasteiger partial charge in [-0.2, -0.15) is 0 Å². The summed E-state index contributed by atoms with van der Waals surface area (Å²) in [4.78, 5) is 11.7. The number of carbonyl (C=O) groups excluding carboxylic acids is 1. The van der Waals surface area contributed by atoms with Crippen molar-refractivity contribution < 1.29 is 13.9 Å². The first kappa shape index (κ1) is 13.5. The topological polar surface area (TPSA) is 26.3 Å². The predicted molar refractivity (Wildman–Crippen MR) is 64.3 cm³/mol. The fourth-order valence-corrected chi connectivity index (χ4v) is 1.66. The highest BCUT2D eigenvalue weighted by Crippen LogP contribution is 2.29. The molecule has 0 radical (unpaired) electrons. The van der Waals surface area contributed by atoms with Crippen LogP contribution < -0.4 is 0 Å². The Balaban J connectivity index is 3.09. The highest BCUT2D eigenvalue weighted by Gasteiger charge is 2.21. The molecule has 1 aromatic carbocycles. The first-order chi connectivity index (χ1) is 7.20. The quantitative estimate of drug-likeness (QED) is 0.574. The van der Waals surface area contributed by atoms with Crippen LogP contribution in [0.5, 0.6) is 0 Å². The maximum Gasteiger partial charge on any atom is 0.340 e. The molecule has 88 valence electrons. The van der Waals surface area contributed by atoms with E-state index in [0.29, 0.717) is 4.47 Å². The van der Waals surface area contributed by atoms with Crippen LogP contribution >= 0.6 is 27.5 Å². The molecule has 0 aliphatic heterocycles. The number of rotatable bonds is 1. The van der Waals surface area contributed by atoms with Crippen LogP contribution in [0.2, 0.25) is 5.02 Å². The molecule has 16 heavy (non-hydrogen) atoms. The maximum atomic E-state index is 13.1. The number of esters is 1. The molecule has 0 spiro atoms. The number of hydrogen-bond donors (Lipinski definition) is 0. The maximum absolute atomic E-state index is 13.1. The zero-order valence-electron chi connectivity index (χ0n) is 9.11. The molecule has 0 atom stereocenters. The van der Waals surface area contributed by atoms with Crippen molar-refractivity contribution in [3.63, 3.8) is 0 Å². The van der Waals surface area contributed by atoms with E-state index < -0.39 is 17.4 Å². The van der Waals surface area contributed by atoms with Crippen molar-refractivity contribution in [2.75, 3.05) is 0 Å². The highest BCUT2D eigenvalue weighted by molar-refractivity contribution is 9.10. The molecular weight excluding hydrogens is 298 g/mol. The van der Waals surface area contributed by atoms with Crippen molar-refractivity contribution in [1.29, 1.82) is 0 Å². The number of halogens is 3. The lowest BCUT2D eigenvalue weighted by Crippen LogP contribution is -2.24. The summed E-state index contributed by atoms with van der Waals surface area (Å²) in [6.07, 6.45) is 0. The molecule has 0 bridgehead atoms. The molecular formula is C11H11BrClFO2. The minimum absolute atomic E-state index is 0.0171. The van der Waals surface area contributed by atoms with Gasteiger partial charge in [-0.1, -0.05) is 11.6 Å². The van der Waals surface area contributed by atoms with Gasteiger partial charge in [0.2, 0.25) is 0 Å². The minimum atomic E-state index is -0.641. The molecule has 0 heterocycles. The summed E-state index contributed by atoms with van der Waals surface area (Å²) in [6, 6.07) is 2.25. The normalized spacial score (nSPS) is 11.4. The number of hydrogen-bond acceptors (Lipinski definition) is 2. The van der Waals surface area contributed by atoms with E-state index in [2.05, 4.69) is 15.9 Å². The lowest BCUT2D eigenvalue weighted by molar-refractivity contribution is 0.00691. The van der Waals surface area contributed by atoms with Crippen molar-refractivity contribution in [1.82, 2.24) is 0 Å². The van der Waals surface area contributed by atoms with Gasteiger partial charge in [0.15, 0.2) is 0 Å². The second-order valence-corrected chi connectivity index (χ2v) is 5.48. The summed E-state index contributed by atoms with van der Waals surface area (Å²) in [5.74, 6) is -1.19. The average molecular weight is 310 g/mol. The first-order valence-electron chi connectivity index (χ1n) is 4.58. The van der Waals surface area contributed by atoms with Crippen molar-refractivity contribution in [3.8, 4) is 0 Å². The Kier molecular flexibility index (Phi) is 3.97. The molecule has 1 rings (SSSR count). The largest absolute Gasteiger partial charge is 0.456 e. The van der Waals surface area contributed by atoms with E-state index in [1.165, 1.54) is 6.07 Å². The Bertz CT molecular complexity index is 427. The fourth-order valence-electron chi connectivity index (χ4n) is 1.04. The third-order valence-electron chi connectivity index (χ3n) is 1.61. The SMILES string of the molecule is CC(C)(C)OC(=O)c1cc(F)cc(Br)c1Cl. The zero-order chi connectivity index (χ0) is 12.5. The molecule has 2 nitrogen and oxygen atoms in total. The van der Waals surface area contributed by atoms with Crippen LogP contribution in [0.25, 0.3) is 0 Å². The van der Waals surface area contributed by atoms with Crippen molar-refractivity contribution in [2.24, 2.45) is 0 Å². The van der Waals surface area contributed by atoms with Gasteiger partial charge in [0.1, 0.15) is 11.4 Å². The Morgan fingerprint density at radius 1 is 1.44 bits per heavy atom. The summed E-state index contributed by atoms with van der Waals surface area (Å²) in [5, 5.41) is 0.149. The third-order valence-corrected chi connectivity index (χ3v) is 2.87. The zero-order valence-corrected chi connectivity index (χ0v) is 11.4. The Morgan fingerprint density at radius 3 is 2.50 bits per heavy atom. The van der Waals surface area contributed by atoms with E-state index in [-0.39, 0.29) is 10.6 Å². The first-order valence-corrected chi connectivity index (χ1v) is 5.75. The third kappa shape index (κ3) is 3.46. The monoisotopic (exact) mass is 308 g/mol. The molecule has 0 saturated heterocycles. The molecule has 0 aliphatic carbocycles. The van der Waals surface area contributed by atoms with Crippen LogP contribution in [0, 0.1) is 5.82 Å². The van der Waals surface area contributed by atoms with Crippen molar-refractivity contribution in [2.45, 2.75) is 26.4 Å². The number of ether oxygens (including phenoxy) is 1. The second-order valence-electron chi connectivity index (χ2n) is 4.25. The predicted octanol–water partition coefficient (Wildman–Crippen LogP) is 4.20. The molecule has 0 aromatic heterocycles. The minimum Gasteiger partial charge on any atom is -0.456 e. The van der Waals surface area contributed by atoms with Gasteiger partial charge >= 0.3 is 5.97 Å². The van der Waals surface area contributed by atoms with Crippen LogP contribution in [0.3, 0.4) is 0 Å². The van der Waals surface area contributed by atoms with Gasteiger partial charge in [-0.15, -0.1) is 0 Å². The molecule has 0 fully saturated rings. The van der Waals surface area contributed by atoms with Gasteiger partial charge in [0, 0.05) is 4.47 Å². The van der Waals surface area contributed by atoms with Crippen LogP contribution in [0.1, 0.15) is 31.1 Å². The lowest BCUT2D eigenvalue weighted by atomic mass is 10.1. The van der Waals surface area contributed by atoms with Gasteiger partial charge in [0.05, 0.1) is 10.6 Å². The number of benzene rings is 1. The highest BCUT2D eigenvalue weighted by atomic mass is 79.9. The molecule has 0 aliphatic rings. The van der Waals surface area contributed by atoms with Crippen molar-refractivity contribution in [3.05, 3.63) is 33.0 Å². The van der Waals surface area contributed by atoms with Gasteiger partial charge in [-0.25, -0.2) is 9.18 Å². The smallest absolute Gasteiger partial charge is 0.340 e. The second kappa shape index (κ2) is 4.72. The Hall–Kier alpha value is -0.610. The van der Waals surface area contributed by atoms with E-state index in [0.717, 1.165) is 6.07 Å². The van der Waals surface area contributed by atoms with E-state index in [4.69, 9.17) is 16.3 Å². The molecule has 5 heteroatoms. The number of carbonyl (C=O) groups is 1. The van der Waals surface area contributed by atoms with E-state index in [9.17, 15) is 9.18 Å². The van der Waals surface area contributed by atoms with Crippen molar-refractivity contribution >= 4 is 33.5 Å². The molecule has 0 unspecified atom stereocenters. The van der Waals surface area contributed by atoms with Gasteiger partial charge in [0.25, 0.3) is 0 Å². The van der Waals surface area contributed by atoms with E-state index in [1.807, 2.05) is 0 Å². The molecule has 0 amide bonds. The molecule has 0 saturated carbocycles.